The Balaban J connectivity index is 2.83. The van der Waals surface area contributed by atoms with E-state index < -0.39 is 6.23 Å². The summed E-state index contributed by atoms with van der Waals surface area (Å²) in [6, 6.07) is 0. The molecule has 0 aromatic heterocycles. The van der Waals surface area contributed by atoms with Crippen LogP contribution in [-0.2, 0) is 0 Å². The second-order valence-corrected chi connectivity index (χ2v) is 3.47. The molecule has 0 saturated carbocycles. The number of aliphatic hydroxyl groups excluding tert-OH is 1. The summed E-state index contributed by atoms with van der Waals surface area (Å²) in [5, 5.41) is 9.55. The molecule has 1 aliphatic rings. The van der Waals surface area contributed by atoms with Gasteiger partial charge in [-0.15, -0.1) is 6.58 Å². The van der Waals surface area contributed by atoms with E-state index >= 15 is 0 Å². The lowest BCUT2D eigenvalue weighted by Crippen LogP contribution is -2.36. The maximum atomic E-state index is 9.55. The van der Waals surface area contributed by atoms with Crippen molar-refractivity contribution in [3.05, 3.63) is 25.3 Å². The third-order valence-electron chi connectivity index (χ3n) is 2.43. The Bertz CT molecular complexity index is 256. The van der Waals surface area contributed by atoms with E-state index in [1.807, 2.05) is 17.1 Å². The molecule has 1 rings (SSSR count). The minimum absolute atomic E-state index is 0.417. The molecule has 14 heavy (non-hydrogen) atoms. The van der Waals surface area contributed by atoms with Crippen molar-refractivity contribution < 1.29 is 9.68 Å². The molecule has 1 unspecified atom stereocenters. The third kappa shape index (κ3) is 2.23. The predicted molar refractivity (Wildman–Crippen MR) is 58.4 cm³/mol. The normalized spacial score (nSPS) is 18.6. The van der Waals surface area contributed by atoms with Gasteiger partial charge in [-0.1, -0.05) is 18.7 Å². The van der Waals surface area contributed by atoms with Crippen molar-refractivity contribution in [2.75, 3.05) is 19.6 Å². The van der Waals surface area contributed by atoms with Crippen LogP contribution in [-0.4, -0.2) is 46.3 Å². The molecular formula is C11H19N2O+. The fourth-order valence-corrected chi connectivity index (χ4v) is 1.80. The van der Waals surface area contributed by atoms with Gasteiger partial charge in [0, 0.05) is 6.92 Å². The van der Waals surface area contributed by atoms with Gasteiger partial charge in [-0.05, 0) is 0 Å². The molecule has 1 atom stereocenters. The molecule has 0 spiro atoms. The smallest absolute Gasteiger partial charge is 0.253 e. The van der Waals surface area contributed by atoms with Crippen molar-refractivity contribution in [1.29, 1.82) is 0 Å². The number of amidine groups is 1. The zero-order valence-corrected chi connectivity index (χ0v) is 8.82. The van der Waals surface area contributed by atoms with E-state index in [0.29, 0.717) is 0 Å². The van der Waals surface area contributed by atoms with Crippen molar-refractivity contribution in [2.24, 2.45) is 0 Å². The molecule has 0 amide bonds. The molecule has 0 saturated heterocycles. The maximum absolute atomic E-state index is 9.55. The van der Waals surface area contributed by atoms with Crippen molar-refractivity contribution in [2.45, 2.75) is 19.6 Å². The number of aliphatic hydroxyl groups is 1. The van der Waals surface area contributed by atoms with Crippen LogP contribution in [0.3, 0.4) is 0 Å². The molecule has 3 heteroatoms. The first-order valence-corrected chi connectivity index (χ1v) is 4.98. The van der Waals surface area contributed by atoms with Crippen LogP contribution >= 0.6 is 0 Å². The first-order chi connectivity index (χ1) is 6.70. The van der Waals surface area contributed by atoms with Crippen molar-refractivity contribution >= 4 is 5.84 Å². The maximum Gasteiger partial charge on any atom is 0.253 e. The molecule has 0 aromatic carbocycles. The Morgan fingerprint density at radius 2 is 2.29 bits per heavy atom. The Hall–Kier alpha value is -1.09. The van der Waals surface area contributed by atoms with Gasteiger partial charge in [0.05, 0.1) is 6.42 Å². The second kappa shape index (κ2) is 4.96. The number of rotatable bonds is 5. The third-order valence-corrected chi connectivity index (χ3v) is 2.43. The molecule has 0 aromatic rings. The predicted octanol–water partition coefficient (Wildman–Crippen LogP) is 0.813. The van der Waals surface area contributed by atoms with Gasteiger partial charge in [0.2, 0.25) is 0 Å². The number of nitrogens with zero attached hydrogens (tertiary/aromatic N) is 2. The monoisotopic (exact) mass is 195 g/mol. The van der Waals surface area contributed by atoms with Crippen LogP contribution < -0.4 is 0 Å². The Morgan fingerprint density at radius 3 is 2.79 bits per heavy atom. The summed E-state index contributed by atoms with van der Waals surface area (Å²) in [6.45, 7) is 11.9. The zero-order valence-electron chi connectivity index (χ0n) is 8.82. The van der Waals surface area contributed by atoms with E-state index in [0.717, 1.165) is 31.9 Å². The van der Waals surface area contributed by atoms with Crippen LogP contribution in [0.2, 0.25) is 0 Å². The van der Waals surface area contributed by atoms with Gasteiger partial charge in [-0.25, -0.2) is 4.90 Å². The van der Waals surface area contributed by atoms with E-state index in [2.05, 4.69) is 17.7 Å². The van der Waals surface area contributed by atoms with E-state index in [1.54, 1.807) is 6.92 Å². The van der Waals surface area contributed by atoms with Crippen LogP contribution in [0, 0.1) is 0 Å². The van der Waals surface area contributed by atoms with Crippen LogP contribution in [0.15, 0.2) is 25.3 Å². The lowest BCUT2D eigenvalue weighted by atomic mass is 10.3. The van der Waals surface area contributed by atoms with Gasteiger partial charge >= 0.3 is 0 Å². The molecule has 0 aliphatic carbocycles. The molecule has 0 radical (unpaired) electrons. The SMILES string of the molecule is C=CCC1=[N+](CC=C)CCN1C(C)O. The van der Waals surface area contributed by atoms with Gasteiger partial charge in [0.25, 0.3) is 5.84 Å². The summed E-state index contributed by atoms with van der Waals surface area (Å²) in [7, 11) is 0. The lowest BCUT2D eigenvalue weighted by molar-refractivity contribution is -0.508. The summed E-state index contributed by atoms with van der Waals surface area (Å²) < 4.78 is 2.22. The quantitative estimate of drug-likeness (QED) is 0.519. The summed E-state index contributed by atoms with van der Waals surface area (Å²) >= 11 is 0. The highest BCUT2D eigenvalue weighted by atomic mass is 16.3. The molecule has 1 heterocycles. The van der Waals surface area contributed by atoms with Gasteiger partial charge in [0.1, 0.15) is 19.6 Å². The summed E-state index contributed by atoms with van der Waals surface area (Å²) in [6.07, 6.45) is 4.14. The molecule has 1 aliphatic heterocycles. The first kappa shape index (κ1) is 11.0. The van der Waals surface area contributed by atoms with Gasteiger partial charge in [-0.2, -0.15) is 0 Å². The van der Waals surface area contributed by atoms with Gasteiger partial charge < -0.3 is 5.11 Å². The molecule has 0 bridgehead atoms. The Kier molecular flexibility index (Phi) is 3.89. The largest absolute Gasteiger partial charge is 0.356 e. The standard InChI is InChI=1S/C11H19N2O/c1-4-6-11-12(7-5-2)8-9-13(11)10(3)14/h4-5,10,14H,1-2,6-9H2,3H3/q+1. The van der Waals surface area contributed by atoms with E-state index in [4.69, 9.17) is 0 Å². The fourth-order valence-electron chi connectivity index (χ4n) is 1.80. The minimum atomic E-state index is -0.417. The van der Waals surface area contributed by atoms with Crippen LogP contribution in [0.25, 0.3) is 0 Å². The lowest BCUT2D eigenvalue weighted by Gasteiger charge is -2.15. The molecule has 78 valence electrons. The topological polar surface area (TPSA) is 26.5 Å². The van der Waals surface area contributed by atoms with Crippen molar-refractivity contribution in [3.63, 3.8) is 0 Å². The van der Waals surface area contributed by atoms with Crippen molar-refractivity contribution in [1.82, 2.24) is 4.90 Å². The second-order valence-electron chi connectivity index (χ2n) is 3.47. The van der Waals surface area contributed by atoms with E-state index in [9.17, 15) is 5.11 Å². The molecule has 3 nitrogen and oxygen atoms in total. The van der Waals surface area contributed by atoms with Crippen molar-refractivity contribution in [3.8, 4) is 0 Å². The van der Waals surface area contributed by atoms with Gasteiger partial charge in [0.15, 0.2) is 6.23 Å². The summed E-state index contributed by atoms with van der Waals surface area (Å²) in [4.78, 5) is 2.01. The Morgan fingerprint density at radius 1 is 1.57 bits per heavy atom. The zero-order chi connectivity index (χ0) is 10.6. The average Bonchev–Trinajstić information content (AvgIpc) is 2.50. The first-order valence-electron chi connectivity index (χ1n) is 4.98. The highest BCUT2D eigenvalue weighted by Crippen LogP contribution is 2.08. The van der Waals surface area contributed by atoms with E-state index in [1.165, 1.54) is 0 Å². The Labute approximate surface area is 85.7 Å². The minimum Gasteiger partial charge on any atom is -0.356 e. The molecule has 1 N–H and O–H groups in total. The highest BCUT2D eigenvalue weighted by molar-refractivity contribution is 5.80. The fraction of sp³-hybridized carbons (Fsp3) is 0.545. The van der Waals surface area contributed by atoms with Crippen LogP contribution in [0.4, 0.5) is 0 Å². The van der Waals surface area contributed by atoms with Crippen LogP contribution in [0.5, 0.6) is 0 Å². The van der Waals surface area contributed by atoms with Crippen LogP contribution in [0.1, 0.15) is 13.3 Å². The average molecular weight is 195 g/mol. The highest BCUT2D eigenvalue weighted by Gasteiger charge is 2.31. The van der Waals surface area contributed by atoms with E-state index in [-0.39, 0.29) is 0 Å². The summed E-state index contributed by atoms with van der Waals surface area (Å²) in [5.74, 6) is 1.15. The number of hydrogen-bond donors (Lipinski definition) is 1. The number of hydrogen-bond acceptors (Lipinski definition) is 2. The summed E-state index contributed by atoms with van der Waals surface area (Å²) in [5.41, 5.74) is 0. The molecular weight excluding hydrogens is 176 g/mol. The van der Waals surface area contributed by atoms with Gasteiger partial charge in [-0.3, -0.25) is 4.58 Å². The molecule has 0 fully saturated rings.